The highest BCUT2D eigenvalue weighted by Gasteiger charge is 2.12. The zero-order valence-electron chi connectivity index (χ0n) is 12.2. The Morgan fingerprint density at radius 1 is 1.13 bits per heavy atom. The molecule has 1 heterocycles. The lowest BCUT2D eigenvalue weighted by Crippen LogP contribution is -1.92. The van der Waals surface area contributed by atoms with Crippen LogP contribution in [0.3, 0.4) is 0 Å². The van der Waals surface area contributed by atoms with Gasteiger partial charge in [0.25, 0.3) is 0 Å². The van der Waals surface area contributed by atoms with Gasteiger partial charge >= 0.3 is 0 Å². The molecule has 0 unspecified atom stereocenters. The zero-order chi connectivity index (χ0) is 16.1. The van der Waals surface area contributed by atoms with Gasteiger partial charge in [-0.25, -0.2) is 4.99 Å². The molecule has 0 amide bonds. The lowest BCUT2D eigenvalue weighted by molar-refractivity contribution is 1.09. The van der Waals surface area contributed by atoms with Crippen LogP contribution in [-0.4, -0.2) is 16.4 Å². The smallest absolute Gasteiger partial charge is 0.193 e. The zero-order valence-corrected chi connectivity index (χ0v) is 12.2. The maximum absolute atomic E-state index is 9.36. The number of aliphatic imine (C=N–C) groups is 1. The minimum absolute atomic E-state index is 0.336. The highest BCUT2D eigenvalue weighted by Crippen LogP contribution is 2.25. The summed E-state index contributed by atoms with van der Waals surface area (Å²) in [5.41, 5.74) is 8.43. The molecule has 0 radical (unpaired) electrons. The Hall–Kier alpha value is -3.59. The van der Waals surface area contributed by atoms with Gasteiger partial charge in [0, 0.05) is 17.6 Å². The molecule has 3 aromatic rings. The predicted molar refractivity (Wildman–Crippen MR) is 91.1 cm³/mol. The lowest BCUT2D eigenvalue weighted by Gasteiger charge is -2.02. The Labute approximate surface area is 133 Å². The van der Waals surface area contributed by atoms with Gasteiger partial charge in [-0.1, -0.05) is 30.3 Å². The average Bonchev–Trinajstić information content (AvgIpc) is 2.97. The van der Waals surface area contributed by atoms with Crippen LogP contribution in [0.4, 0.5) is 23.0 Å². The third-order valence-electron chi connectivity index (χ3n) is 3.17. The van der Waals surface area contributed by atoms with Crippen molar-refractivity contribution in [2.75, 3.05) is 11.1 Å². The number of hydrogen-bond acceptors (Lipinski definition) is 5. The van der Waals surface area contributed by atoms with Crippen LogP contribution in [0.2, 0.25) is 0 Å². The van der Waals surface area contributed by atoms with Crippen molar-refractivity contribution < 1.29 is 0 Å². The topological polar surface area (TPSA) is 103 Å². The largest absolute Gasteiger partial charge is 0.399 e. The molecule has 0 saturated heterocycles. The Balaban J connectivity index is 1.84. The van der Waals surface area contributed by atoms with Gasteiger partial charge in [0.15, 0.2) is 5.82 Å². The Bertz CT molecular complexity index is 856. The van der Waals surface area contributed by atoms with Crippen molar-refractivity contribution in [1.82, 2.24) is 10.2 Å². The number of anilines is 3. The van der Waals surface area contributed by atoms with Gasteiger partial charge in [0.2, 0.25) is 0 Å². The van der Waals surface area contributed by atoms with E-state index in [-0.39, 0.29) is 0 Å². The summed E-state index contributed by atoms with van der Waals surface area (Å²) >= 11 is 0. The lowest BCUT2D eigenvalue weighted by atomic mass is 10.2. The van der Waals surface area contributed by atoms with Gasteiger partial charge in [0.1, 0.15) is 17.5 Å². The molecule has 3 rings (SSSR count). The van der Waals surface area contributed by atoms with Crippen LogP contribution in [0.1, 0.15) is 11.1 Å². The molecule has 0 atom stereocenters. The van der Waals surface area contributed by atoms with Crippen LogP contribution in [0.15, 0.2) is 59.6 Å². The summed E-state index contributed by atoms with van der Waals surface area (Å²) in [6.45, 7) is 0. The van der Waals surface area contributed by atoms with Crippen molar-refractivity contribution in [3.05, 3.63) is 65.7 Å². The van der Waals surface area contributed by atoms with E-state index in [9.17, 15) is 5.26 Å². The normalized spacial score (nSPS) is 10.6. The van der Waals surface area contributed by atoms with Gasteiger partial charge in [-0.05, 0) is 29.8 Å². The molecule has 6 nitrogen and oxygen atoms in total. The summed E-state index contributed by atoms with van der Waals surface area (Å²) in [4.78, 5) is 4.27. The fraction of sp³-hybridized carbons (Fsp3) is 0. The van der Waals surface area contributed by atoms with Crippen LogP contribution in [0.25, 0.3) is 0 Å². The van der Waals surface area contributed by atoms with Gasteiger partial charge in [-0.2, -0.15) is 10.4 Å². The van der Waals surface area contributed by atoms with Gasteiger partial charge in [-0.15, -0.1) is 0 Å². The van der Waals surface area contributed by atoms with E-state index < -0.39 is 0 Å². The fourth-order valence-electron chi connectivity index (χ4n) is 2.01. The van der Waals surface area contributed by atoms with Crippen molar-refractivity contribution in [3.8, 4) is 6.07 Å². The fourth-order valence-corrected chi connectivity index (χ4v) is 2.01. The van der Waals surface area contributed by atoms with Crippen molar-refractivity contribution >= 4 is 29.2 Å². The van der Waals surface area contributed by atoms with E-state index in [1.165, 1.54) is 0 Å². The van der Waals surface area contributed by atoms with Crippen LogP contribution in [-0.2, 0) is 0 Å². The minimum Gasteiger partial charge on any atom is -0.399 e. The van der Waals surface area contributed by atoms with Crippen LogP contribution < -0.4 is 11.1 Å². The number of para-hydroxylation sites is 1. The average molecular weight is 302 g/mol. The molecule has 23 heavy (non-hydrogen) atoms. The number of nitriles is 1. The predicted octanol–water partition coefficient (Wildman–Crippen LogP) is 3.36. The van der Waals surface area contributed by atoms with E-state index >= 15 is 0 Å². The highest BCUT2D eigenvalue weighted by molar-refractivity contribution is 5.83. The molecule has 1 aromatic heterocycles. The summed E-state index contributed by atoms with van der Waals surface area (Å²) < 4.78 is 0. The summed E-state index contributed by atoms with van der Waals surface area (Å²) in [6.07, 6.45) is 1.64. The molecule has 6 heteroatoms. The molecular formula is C17H14N6. The van der Waals surface area contributed by atoms with Crippen LogP contribution >= 0.6 is 0 Å². The van der Waals surface area contributed by atoms with Crippen molar-refractivity contribution in [2.24, 2.45) is 4.99 Å². The molecule has 0 aliphatic rings. The number of nitrogens with two attached hydrogens (primary N) is 1. The molecule has 0 aliphatic carbocycles. The molecule has 0 bridgehead atoms. The maximum Gasteiger partial charge on any atom is 0.193 e. The molecule has 0 saturated carbocycles. The summed E-state index contributed by atoms with van der Waals surface area (Å²) in [7, 11) is 0. The molecule has 0 spiro atoms. The molecule has 4 N–H and O–H groups in total. The van der Waals surface area contributed by atoms with Gasteiger partial charge in [0.05, 0.1) is 0 Å². The Morgan fingerprint density at radius 2 is 1.87 bits per heavy atom. The number of nitrogens with zero attached hydrogens (tertiary/aromatic N) is 3. The first-order valence-corrected chi connectivity index (χ1v) is 6.96. The summed E-state index contributed by atoms with van der Waals surface area (Å²) in [6, 6.07) is 18.9. The number of aromatic nitrogens is 2. The second-order valence-corrected chi connectivity index (χ2v) is 4.82. The first-order chi connectivity index (χ1) is 11.3. The Kier molecular flexibility index (Phi) is 4.03. The minimum atomic E-state index is 0.336. The van der Waals surface area contributed by atoms with E-state index in [0.29, 0.717) is 22.9 Å². The van der Waals surface area contributed by atoms with E-state index in [1.54, 1.807) is 18.3 Å². The molecule has 2 aromatic carbocycles. The maximum atomic E-state index is 9.36. The number of hydrogen-bond donors (Lipinski definition) is 3. The number of nitrogens with one attached hydrogen (secondary N) is 2. The number of rotatable bonds is 4. The molecule has 0 fully saturated rings. The quantitative estimate of drug-likeness (QED) is 0.508. The van der Waals surface area contributed by atoms with Crippen LogP contribution in [0.5, 0.6) is 0 Å². The number of H-pyrrole nitrogens is 1. The third-order valence-corrected chi connectivity index (χ3v) is 3.17. The highest BCUT2D eigenvalue weighted by atomic mass is 15.2. The standard InChI is InChI=1S/C17H14N6/c18-10-15-16(20-11-12-6-8-13(19)9-7-12)22-23-17(15)21-14-4-2-1-3-5-14/h1-9,11H,19H2,(H2,21,22,23). The summed E-state index contributed by atoms with van der Waals surface area (Å²) in [5, 5.41) is 19.4. The number of nitrogen functional groups attached to an aromatic ring is 1. The molecule has 112 valence electrons. The van der Waals surface area contributed by atoms with Crippen molar-refractivity contribution in [2.45, 2.75) is 0 Å². The number of benzene rings is 2. The first kappa shape index (κ1) is 14.4. The van der Waals surface area contributed by atoms with E-state index in [4.69, 9.17) is 5.73 Å². The molecule has 0 aliphatic heterocycles. The second kappa shape index (κ2) is 6.45. The monoisotopic (exact) mass is 302 g/mol. The SMILES string of the molecule is N#Cc1c(N=Cc2ccc(N)cc2)n[nH]c1Nc1ccccc1. The van der Waals surface area contributed by atoms with Gasteiger partial charge in [-0.3, -0.25) is 5.10 Å². The van der Waals surface area contributed by atoms with Gasteiger partial charge < -0.3 is 11.1 Å². The summed E-state index contributed by atoms with van der Waals surface area (Å²) in [5.74, 6) is 0.853. The van der Waals surface area contributed by atoms with E-state index in [0.717, 1.165) is 11.3 Å². The molecular weight excluding hydrogens is 288 g/mol. The van der Waals surface area contributed by atoms with Crippen molar-refractivity contribution in [1.29, 1.82) is 5.26 Å². The third kappa shape index (κ3) is 3.36. The van der Waals surface area contributed by atoms with Crippen LogP contribution in [0, 0.1) is 11.3 Å². The van der Waals surface area contributed by atoms with E-state index in [1.807, 2.05) is 42.5 Å². The second-order valence-electron chi connectivity index (χ2n) is 4.82. The first-order valence-electron chi connectivity index (χ1n) is 6.96. The van der Waals surface area contributed by atoms with E-state index in [2.05, 4.69) is 26.6 Å². The number of aromatic amines is 1. The van der Waals surface area contributed by atoms with Crippen molar-refractivity contribution in [3.63, 3.8) is 0 Å². The Morgan fingerprint density at radius 3 is 2.57 bits per heavy atom.